The van der Waals surface area contributed by atoms with Gasteiger partial charge in [0.25, 0.3) is 0 Å². The summed E-state index contributed by atoms with van der Waals surface area (Å²) in [7, 11) is 0. The summed E-state index contributed by atoms with van der Waals surface area (Å²) in [4.78, 5) is 14.4. The molecule has 1 heterocycles. The highest BCUT2D eigenvalue weighted by Crippen LogP contribution is 2.32. The molecule has 2 aromatic rings. The first-order valence-corrected chi connectivity index (χ1v) is 5.82. The van der Waals surface area contributed by atoms with E-state index in [1.54, 1.807) is 0 Å². The molecule has 110 valence electrons. The zero-order valence-corrected chi connectivity index (χ0v) is 10.5. The minimum Gasteiger partial charge on any atom is -0.481 e. The van der Waals surface area contributed by atoms with Gasteiger partial charge in [0.1, 0.15) is 11.5 Å². The Morgan fingerprint density at radius 3 is 2.52 bits per heavy atom. The number of carboxylic acids is 1. The summed E-state index contributed by atoms with van der Waals surface area (Å²) in [5, 5.41) is 8.67. The molecule has 0 amide bonds. The predicted molar refractivity (Wildman–Crippen MR) is 66.0 cm³/mol. The second-order valence-electron chi connectivity index (χ2n) is 4.28. The summed E-state index contributed by atoms with van der Waals surface area (Å²) in [6.45, 7) is 0. The molecule has 0 aliphatic carbocycles. The molecule has 2 rings (SSSR count). The first kappa shape index (κ1) is 15.0. The summed E-state index contributed by atoms with van der Waals surface area (Å²) >= 11 is 0. The van der Waals surface area contributed by atoms with Crippen molar-refractivity contribution in [3.05, 3.63) is 53.5 Å². The molecule has 1 N–H and O–H groups in total. The van der Waals surface area contributed by atoms with Crippen LogP contribution in [0.5, 0.6) is 0 Å². The first-order chi connectivity index (χ1) is 9.77. The molecule has 0 aliphatic rings. The van der Waals surface area contributed by atoms with Gasteiger partial charge in [-0.3, -0.25) is 4.79 Å². The van der Waals surface area contributed by atoms with Crippen LogP contribution in [-0.2, 0) is 17.4 Å². The van der Waals surface area contributed by atoms with Crippen LogP contribution in [0.2, 0.25) is 0 Å². The maximum Gasteiger partial charge on any atom is 0.416 e. The maximum absolute atomic E-state index is 13.7. The number of halogens is 4. The molecule has 0 aliphatic heterocycles. The Morgan fingerprint density at radius 1 is 1.19 bits per heavy atom. The highest BCUT2D eigenvalue weighted by atomic mass is 19.4. The van der Waals surface area contributed by atoms with E-state index in [1.807, 2.05) is 0 Å². The summed E-state index contributed by atoms with van der Waals surface area (Å²) in [5.41, 5.74) is -1.23. The molecular formula is C14H9F4NO2. The van der Waals surface area contributed by atoms with E-state index in [1.165, 1.54) is 12.1 Å². The minimum absolute atomic E-state index is 0.0606. The number of carbonyl (C=O) groups is 1. The molecular weight excluding hydrogens is 290 g/mol. The fraction of sp³-hybridized carbons (Fsp3) is 0.143. The zero-order valence-electron chi connectivity index (χ0n) is 10.5. The molecule has 0 spiro atoms. The summed E-state index contributed by atoms with van der Waals surface area (Å²) in [6.07, 6.45) is -4.99. The van der Waals surface area contributed by atoms with E-state index >= 15 is 0 Å². The van der Waals surface area contributed by atoms with E-state index in [0.717, 1.165) is 24.3 Å². The van der Waals surface area contributed by atoms with Crippen LogP contribution in [0.1, 0.15) is 11.3 Å². The lowest BCUT2D eigenvalue weighted by atomic mass is 10.1. The van der Waals surface area contributed by atoms with Crippen molar-refractivity contribution in [2.75, 3.05) is 0 Å². The Bertz CT molecular complexity index is 683. The van der Waals surface area contributed by atoms with Crippen LogP contribution in [0, 0.1) is 5.82 Å². The highest BCUT2D eigenvalue weighted by molar-refractivity contribution is 5.70. The second kappa shape index (κ2) is 5.51. The molecule has 1 aromatic carbocycles. The van der Waals surface area contributed by atoms with Gasteiger partial charge in [-0.05, 0) is 24.3 Å². The molecule has 3 nitrogen and oxygen atoms in total. The van der Waals surface area contributed by atoms with E-state index in [-0.39, 0.29) is 17.0 Å². The molecule has 0 saturated heterocycles. The Kier molecular flexibility index (Phi) is 3.93. The monoisotopic (exact) mass is 299 g/mol. The lowest BCUT2D eigenvalue weighted by Crippen LogP contribution is -2.06. The molecule has 0 unspecified atom stereocenters. The number of hydrogen-bond donors (Lipinski definition) is 1. The van der Waals surface area contributed by atoms with Crippen LogP contribution in [-0.4, -0.2) is 16.1 Å². The summed E-state index contributed by atoms with van der Waals surface area (Å²) in [5.74, 6) is -1.98. The number of aliphatic carboxylic acids is 1. The van der Waals surface area contributed by atoms with E-state index in [2.05, 4.69) is 4.98 Å². The molecule has 0 atom stereocenters. The van der Waals surface area contributed by atoms with Crippen LogP contribution in [0.25, 0.3) is 11.3 Å². The van der Waals surface area contributed by atoms with Crippen molar-refractivity contribution >= 4 is 5.97 Å². The number of benzene rings is 1. The highest BCUT2D eigenvalue weighted by Gasteiger charge is 2.30. The first-order valence-electron chi connectivity index (χ1n) is 5.82. The SMILES string of the molecule is O=C(O)Cc1ccc(F)c(-c2cccc(C(F)(F)F)c2)n1. The van der Waals surface area contributed by atoms with Gasteiger partial charge >= 0.3 is 12.1 Å². The Labute approximate surface area is 116 Å². The van der Waals surface area contributed by atoms with Crippen molar-refractivity contribution < 1.29 is 27.5 Å². The third kappa shape index (κ3) is 3.56. The molecule has 21 heavy (non-hydrogen) atoms. The third-order valence-corrected chi connectivity index (χ3v) is 2.70. The van der Waals surface area contributed by atoms with Crippen molar-refractivity contribution in [3.63, 3.8) is 0 Å². The smallest absolute Gasteiger partial charge is 0.416 e. The third-order valence-electron chi connectivity index (χ3n) is 2.70. The molecule has 7 heteroatoms. The van der Waals surface area contributed by atoms with Gasteiger partial charge in [-0.2, -0.15) is 13.2 Å². The van der Waals surface area contributed by atoms with Crippen molar-refractivity contribution in [2.24, 2.45) is 0 Å². The Hall–Kier alpha value is -2.44. The molecule has 0 fully saturated rings. The lowest BCUT2D eigenvalue weighted by molar-refractivity contribution is -0.138. The number of pyridine rings is 1. The summed E-state index contributed by atoms with van der Waals surface area (Å²) in [6, 6.07) is 6.23. The van der Waals surface area contributed by atoms with Crippen molar-refractivity contribution in [1.82, 2.24) is 4.98 Å². The predicted octanol–water partition coefficient (Wildman–Crippen LogP) is 3.53. The number of nitrogens with zero attached hydrogens (tertiary/aromatic N) is 1. The topological polar surface area (TPSA) is 50.2 Å². The van der Waals surface area contributed by atoms with Crippen LogP contribution >= 0.6 is 0 Å². The molecule has 1 aromatic heterocycles. The number of alkyl halides is 3. The Balaban J connectivity index is 2.48. The van der Waals surface area contributed by atoms with Crippen LogP contribution in [0.3, 0.4) is 0 Å². The quantitative estimate of drug-likeness (QED) is 0.882. The molecule has 0 bridgehead atoms. The van der Waals surface area contributed by atoms with Crippen molar-refractivity contribution in [2.45, 2.75) is 12.6 Å². The largest absolute Gasteiger partial charge is 0.481 e. The van der Waals surface area contributed by atoms with Gasteiger partial charge in [-0.15, -0.1) is 0 Å². The van der Waals surface area contributed by atoms with E-state index in [4.69, 9.17) is 5.11 Å². The number of hydrogen-bond acceptors (Lipinski definition) is 2. The van der Waals surface area contributed by atoms with Crippen molar-refractivity contribution in [1.29, 1.82) is 0 Å². The molecule has 0 saturated carbocycles. The van der Waals surface area contributed by atoms with E-state index in [0.29, 0.717) is 0 Å². The standard InChI is InChI=1S/C14H9F4NO2/c15-11-5-4-10(7-12(20)21)19-13(11)8-2-1-3-9(6-8)14(16,17)18/h1-6H,7H2,(H,20,21). The second-order valence-corrected chi connectivity index (χ2v) is 4.28. The Morgan fingerprint density at radius 2 is 1.90 bits per heavy atom. The van der Waals surface area contributed by atoms with Gasteiger partial charge in [0.05, 0.1) is 17.7 Å². The number of rotatable bonds is 3. The fourth-order valence-corrected chi connectivity index (χ4v) is 1.78. The van der Waals surface area contributed by atoms with E-state index in [9.17, 15) is 22.4 Å². The number of carboxylic acid groups (broad SMARTS) is 1. The maximum atomic E-state index is 13.7. The van der Waals surface area contributed by atoms with Gasteiger partial charge in [-0.25, -0.2) is 9.37 Å². The lowest BCUT2D eigenvalue weighted by Gasteiger charge is -2.09. The zero-order chi connectivity index (χ0) is 15.6. The normalized spacial score (nSPS) is 11.4. The summed E-state index contributed by atoms with van der Waals surface area (Å²) < 4.78 is 51.7. The van der Waals surface area contributed by atoms with Gasteiger partial charge < -0.3 is 5.11 Å². The van der Waals surface area contributed by atoms with Crippen molar-refractivity contribution in [3.8, 4) is 11.3 Å². The van der Waals surface area contributed by atoms with Gasteiger partial charge in [0, 0.05) is 5.56 Å². The minimum atomic E-state index is -4.55. The van der Waals surface area contributed by atoms with Crippen LogP contribution in [0.4, 0.5) is 17.6 Å². The van der Waals surface area contributed by atoms with E-state index < -0.39 is 29.9 Å². The van der Waals surface area contributed by atoms with Crippen LogP contribution in [0.15, 0.2) is 36.4 Å². The average molecular weight is 299 g/mol. The molecule has 0 radical (unpaired) electrons. The fourth-order valence-electron chi connectivity index (χ4n) is 1.78. The van der Waals surface area contributed by atoms with Gasteiger partial charge in [0.15, 0.2) is 0 Å². The van der Waals surface area contributed by atoms with Gasteiger partial charge in [0.2, 0.25) is 0 Å². The average Bonchev–Trinajstić information content (AvgIpc) is 2.39. The number of aromatic nitrogens is 1. The van der Waals surface area contributed by atoms with Crippen LogP contribution < -0.4 is 0 Å². The van der Waals surface area contributed by atoms with Gasteiger partial charge in [-0.1, -0.05) is 12.1 Å².